The van der Waals surface area contributed by atoms with Crippen molar-refractivity contribution >= 4 is 11.9 Å². The highest BCUT2D eigenvalue weighted by atomic mass is 16.2. The average molecular weight is 250 g/mol. The molecule has 18 heavy (non-hydrogen) atoms. The summed E-state index contributed by atoms with van der Waals surface area (Å²) in [5, 5.41) is 6.28. The summed E-state index contributed by atoms with van der Waals surface area (Å²) >= 11 is 0. The van der Waals surface area contributed by atoms with E-state index in [-0.39, 0.29) is 11.9 Å². The molecule has 0 radical (unpaired) electrons. The molecule has 2 atom stereocenters. The number of rotatable bonds is 1. The summed E-state index contributed by atoms with van der Waals surface area (Å²) in [7, 11) is 2.19. The van der Waals surface area contributed by atoms with Gasteiger partial charge in [-0.3, -0.25) is 15.1 Å². The molecule has 2 N–H and O–H groups in total. The number of nitrogens with zero attached hydrogens (tertiary/aromatic N) is 2. The van der Waals surface area contributed by atoms with Gasteiger partial charge in [0, 0.05) is 18.1 Å². The Morgan fingerprint density at radius 3 is 2.50 bits per heavy atom. The van der Waals surface area contributed by atoms with Crippen molar-refractivity contribution in [3.05, 3.63) is 0 Å². The molecule has 2 bridgehead atoms. The highest BCUT2D eigenvalue weighted by Gasteiger charge is 2.54. The molecule has 0 saturated carbocycles. The van der Waals surface area contributed by atoms with Crippen molar-refractivity contribution in [1.29, 1.82) is 0 Å². The number of fused-ring (bicyclic) bond motifs is 2. The van der Waals surface area contributed by atoms with E-state index in [9.17, 15) is 4.79 Å². The van der Waals surface area contributed by atoms with E-state index in [1.54, 1.807) is 0 Å². The van der Waals surface area contributed by atoms with Crippen molar-refractivity contribution in [3.63, 3.8) is 0 Å². The maximum atomic E-state index is 12.3. The van der Waals surface area contributed by atoms with Crippen LogP contribution in [0.4, 0.5) is 0 Å². The van der Waals surface area contributed by atoms with Crippen molar-refractivity contribution in [2.24, 2.45) is 4.99 Å². The molecule has 5 nitrogen and oxygen atoms in total. The summed E-state index contributed by atoms with van der Waals surface area (Å²) in [5.74, 6) is 0.783. The second-order valence-electron chi connectivity index (χ2n) is 6.19. The number of piperidine rings is 1. The summed E-state index contributed by atoms with van der Waals surface area (Å²) in [5.41, 5.74) is -0.397. The van der Waals surface area contributed by atoms with E-state index in [2.05, 4.69) is 27.6 Å². The van der Waals surface area contributed by atoms with Gasteiger partial charge in [-0.15, -0.1) is 0 Å². The lowest BCUT2D eigenvalue weighted by Gasteiger charge is -2.41. The first-order valence-electron chi connectivity index (χ1n) is 6.89. The number of nitrogens with one attached hydrogen (secondary N) is 2. The number of aliphatic imine (C=N–C) groups is 1. The van der Waals surface area contributed by atoms with Crippen LogP contribution < -0.4 is 10.6 Å². The zero-order chi connectivity index (χ0) is 12.9. The first-order chi connectivity index (χ1) is 8.50. The lowest BCUT2D eigenvalue weighted by atomic mass is 9.83. The minimum atomic E-state index is -0.397. The summed E-state index contributed by atoms with van der Waals surface area (Å²) in [6.45, 7) is 4.04. The molecule has 3 fully saturated rings. The topological polar surface area (TPSA) is 56.7 Å². The van der Waals surface area contributed by atoms with E-state index in [1.807, 2.05) is 13.8 Å². The van der Waals surface area contributed by atoms with E-state index in [0.717, 1.165) is 12.8 Å². The Hall–Kier alpha value is -1.10. The lowest BCUT2D eigenvalue weighted by Crippen LogP contribution is -2.58. The van der Waals surface area contributed by atoms with Crippen LogP contribution in [0, 0.1) is 0 Å². The van der Waals surface area contributed by atoms with Crippen LogP contribution in [-0.4, -0.2) is 47.5 Å². The second kappa shape index (κ2) is 3.95. The maximum Gasteiger partial charge on any atom is 0.252 e. The van der Waals surface area contributed by atoms with Gasteiger partial charge in [0.2, 0.25) is 0 Å². The molecule has 1 spiro atoms. The third-order valence-corrected chi connectivity index (χ3v) is 4.56. The molecular formula is C13H22N4O. The van der Waals surface area contributed by atoms with Crippen LogP contribution >= 0.6 is 0 Å². The molecular weight excluding hydrogens is 228 g/mol. The molecule has 100 valence electrons. The van der Waals surface area contributed by atoms with Gasteiger partial charge in [0.1, 0.15) is 5.54 Å². The van der Waals surface area contributed by atoms with Crippen LogP contribution in [0.3, 0.4) is 0 Å². The highest BCUT2D eigenvalue weighted by molar-refractivity contribution is 6.09. The average Bonchev–Trinajstić information content (AvgIpc) is 2.67. The SMILES string of the molecule is CC(C)N=C1NC(=O)C2(CC3CCC(C2)N3C)N1. The molecule has 0 aliphatic carbocycles. The Balaban J connectivity index is 1.83. The Kier molecular flexibility index (Phi) is 2.62. The lowest BCUT2D eigenvalue weighted by molar-refractivity contribution is -0.126. The van der Waals surface area contributed by atoms with Gasteiger partial charge in [0.25, 0.3) is 5.91 Å². The van der Waals surface area contributed by atoms with Crippen LogP contribution in [-0.2, 0) is 4.79 Å². The Morgan fingerprint density at radius 2 is 1.94 bits per heavy atom. The number of amides is 1. The molecule has 1 amide bonds. The van der Waals surface area contributed by atoms with E-state index < -0.39 is 5.54 Å². The molecule has 3 rings (SSSR count). The summed E-state index contributed by atoms with van der Waals surface area (Å²) < 4.78 is 0. The maximum absolute atomic E-state index is 12.3. The Morgan fingerprint density at radius 1 is 1.33 bits per heavy atom. The molecule has 3 heterocycles. The van der Waals surface area contributed by atoms with Gasteiger partial charge in [-0.25, -0.2) is 0 Å². The van der Waals surface area contributed by atoms with Crippen molar-refractivity contribution in [2.45, 2.75) is 63.2 Å². The fraction of sp³-hybridized carbons (Fsp3) is 0.846. The number of guanidine groups is 1. The molecule has 3 aliphatic rings. The van der Waals surface area contributed by atoms with Crippen LogP contribution in [0.2, 0.25) is 0 Å². The Bertz CT molecular complexity index is 390. The van der Waals surface area contributed by atoms with Gasteiger partial charge in [-0.2, -0.15) is 0 Å². The quantitative estimate of drug-likeness (QED) is 0.711. The molecule has 2 unspecified atom stereocenters. The minimum absolute atomic E-state index is 0.118. The normalized spacial score (nSPS) is 41.8. The zero-order valence-corrected chi connectivity index (χ0v) is 11.4. The molecule has 3 saturated heterocycles. The first kappa shape index (κ1) is 12.0. The highest BCUT2D eigenvalue weighted by Crippen LogP contribution is 2.40. The van der Waals surface area contributed by atoms with E-state index in [4.69, 9.17) is 0 Å². The van der Waals surface area contributed by atoms with Crippen LogP contribution in [0.1, 0.15) is 39.5 Å². The van der Waals surface area contributed by atoms with E-state index >= 15 is 0 Å². The predicted octanol–water partition coefficient (Wildman–Crippen LogP) is 0.466. The molecule has 0 aromatic rings. The fourth-order valence-corrected chi connectivity index (χ4v) is 3.62. The molecule has 5 heteroatoms. The van der Waals surface area contributed by atoms with Crippen molar-refractivity contribution < 1.29 is 4.79 Å². The van der Waals surface area contributed by atoms with Crippen LogP contribution in [0.15, 0.2) is 4.99 Å². The molecule has 3 aliphatic heterocycles. The minimum Gasteiger partial charge on any atom is -0.341 e. The third kappa shape index (κ3) is 1.72. The number of carbonyl (C=O) groups excluding carboxylic acids is 1. The second-order valence-corrected chi connectivity index (χ2v) is 6.19. The Labute approximate surface area is 108 Å². The molecule has 0 aromatic heterocycles. The fourth-order valence-electron chi connectivity index (χ4n) is 3.62. The summed E-state index contributed by atoms with van der Waals surface area (Å²) in [6, 6.07) is 1.28. The van der Waals surface area contributed by atoms with E-state index in [1.165, 1.54) is 12.8 Å². The third-order valence-electron chi connectivity index (χ3n) is 4.56. The monoisotopic (exact) mass is 250 g/mol. The van der Waals surface area contributed by atoms with Crippen molar-refractivity contribution in [2.75, 3.05) is 7.05 Å². The van der Waals surface area contributed by atoms with Gasteiger partial charge in [-0.05, 0) is 46.6 Å². The summed E-state index contributed by atoms with van der Waals surface area (Å²) in [4.78, 5) is 19.2. The van der Waals surface area contributed by atoms with Gasteiger partial charge >= 0.3 is 0 Å². The van der Waals surface area contributed by atoms with Crippen LogP contribution in [0.5, 0.6) is 0 Å². The van der Waals surface area contributed by atoms with Gasteiger partial charge in [0.15, 0.2) is 5.96 Å². The first-order valence-corrected chi connectivity index (χ1v) is 6.89. The predicted molar refractivity (Wildman–Crippen MR) is 70.4 cm³/mol. The zero-order valence-electron chi connectivity index (χ0n) is 11.4. The van der Waals surface area contributed by atoms with E-state index in [0.29, 0.717) is 18.0 Å². The largest absolute Gasteiger partial charge is 0.341 e. The van der Waals surface area contributed by atoms with Gasteiger partial charge in [-0.1, -0.05) is 0 Å². The van der Waals surface area contributed by atoms with Gasteiger partial charge in [0.05, 0.1) is 0 Å². The number of hydrogen-bond acceptors (Lipinski definition) is 3. The number of carbonyl (C=O) groups is 1. The van der Waals surface area contributed by atoms with Crippen molar-refractivity contribution in [1.82, 2.24) is 15.5 Å². The summed E-state index contributed by atoms with van der Waals surface area (Å²) in [6.07, 6.45) is 4.25. The molecule has 0 aromatic carbocycles. The smallest absolute Gasteiger partial charge is 0.252 e. The van der Waals surface area contributed by atoms with Crippen molar-refractivity contribution in [3.8, 4) is 0 Å². The standard InChI is InChI=1S/C13H22N4O/c1-8(2)14-12-15-11(18)13(16-12)6-9-4-5-10(7-13)17(9)3/h8-10H,4-7H2,1-3H3,(H2,14,15,16,18). The van der Waals surface area contributed by atoms with Gasteiger partial charge < -0.3 is 10.2 Å². The van der Waals surface area contributed by atoms with Crippen LogP contribution in [0.25, 0.3) is 0 Å². The number of hydrogen-bond donors (Lipinski definition) is 2.